The van der Waals surface area contributed by atoms with E-state index in [0.29, 0.717) is 6.42 Å². The maximum Gasteiger partial charge on any atom is 0.481 e. The van der Waals surface area contributed by atoms with Gasteiger partial charge in [-0.05, 0) is 6.42 Å². The Morgan fingerprint density at radius 1 is 0.968 bits per heavy atom. The standard InChI is InChI=1S/C33H58N7O18P3S/c1-4-5-6-7-8-9-10-11-21(41)16-24(43)62-15-14-35-23(42)12-13-36-31(46)28(45)33(2,3)18-55-61(52,53)58-60(50,51)54-17-22-27(57-59(47,48)49)26(44)32(56-22)40-20-39-25-29(34)37-19-38-30(25)40/h19-22,26-28,32,41,44-45H,4-18H2,1-3H3,(H,35,42)(H,36,46)(H,50,51)(H,52,53)(H2,34,37,38)(H2,47,48,49)/t21-,22+,26?,27-,28-,32+/m0/s1. The number of phosphoric ester groups is 3. The van der Waals surface area contributed by atoms with Gasteiger partial charge in [-0.1, -0.05) is 77.5 Å². The highest BCUT2D eigenvalue weighted by Crippen LogP contribution is 2.61. The molecule has 3 unspecified atom stereocenters. The largest absolute Gasteiger partial charge is 0.481 e. The van der Waals surface area contributed by atoms with Crippen LogP contribution in [0.25, 0.3) is 11.2 Å². The zero-order valence-corrected chi connectivity index (χ0v) is 38.0. The Labute approximate surface area is 361 Å². The third kappa shape index (κ3) is 18.2. The van der Waals surface area contributed by atoms with Crippen LogP contribution in [0.2, 0.25) is 0 Å². The van der Waals surface area contributed by atoms with E-state index in [4.69, 9.17) is 19.5 Å². The summed E-state index contributed by atoms with van der Waals surface area (Å²) in [6.07, 6.45) is 0.648. The first-order valence-electron chi connectivity index (χ1n) is 19.7. The van der Waals surface area contributed by atoms with Gasteiger partial charge in [0.05, 0.1) is 25.6 Å². The number of hydrogen-bond acceptors (Lipinski definition) is 19. The number of amides is 2. The van der Waals surface area contributed by atoms with Gasteiger partial charge in [-0.15, -0.1) is 0 Å². The van der Waals surface area contributed by atoms with E-state index in [1.54, 1.807) is 0 Å². The lowest BCUT2D eigenvalue weighted by Crippen LogP contribution is -2.46. The normalized spacial score (nSPS) is 21.3. The molecule has 8 atom stereocenters. The van der Waals surface area contributed by atoms with Gasteiger partial charge < -0.3 is 56.0 Å². The maximum atomic E-state index is 12.7. The number of nitrogens with zero attached hydrogens (tertiary/aromatic N) is 4. The predicted octanol–water partition coefficient (Wildman–Crippen LogP) is 1.56. The number of aliphatic hydroxyl groups is 3. The molecule has 2 aromatic rings. The van der Waals surface area contributed by atoms with Gasteiger partial charge in [0.25, 0.3) is 0 Å². The minimum atomic E-state index is -5.58. The lowest BCUT2D eigenvalue weighted by Gasteiger charge is -2.30. The topological polar surface area (TPSA) is 384 Å². The summed E-state index contributed by atoms with van der Waals surface area (Å²) in [6, 6.07) is 0. The number of aliphatic hydroxyl groups excluding tert-OH is 3. The van der Waals surface area contributed by atoms with Crippen molar-refractivity contribution >= 4 is 69.1 Å². The molecule has 1 fully saturated rings. The number of nitrogen functional groups attached to an aromatic ring is 1. The zero-order chi connectivity index (χ0) is 46.3. The predicted molar refractivity (Wildman–Crippen MR) is 220 cm³/mol. The zero-order valence-electron chi connectivity index (χ0n) is 34.5. The minimum absolute atomic E-state index is 0.0241. The number of rotatable bonds is 29. The second-order valence-electron chi connectivity index (χ2n) is 15.1. The van der Waals surface area contributed by atoms with Gasteiger partial charge >= 0.3 is 23.5 Å². The highest BCUT2D eigenvalue weighted by Gasteiger charge is 2.50. The van der Waals surface area contributed by atoms with Crippen LogP contribution < -0.4 is 16.4 Å². The van der Waals surface area contributed by atoms with Crippen LogP contribution in [0.15, 0.2) is 12.7 Å². The van der Waals surface area contributed by atoms with Crippen molar-refractivity contribution in [2.75, 3.05) is 37.8 Å². The second kappa shape index (κ2) is 24.7. The van der Waals surface area contributed by atoms with Crippen molar-refractivity contribution < 1.29 is 85.6 Å². The first kappa shape index (κ1) is 53.9. The maximum absolute atomic E-state index is 12.7. The van der Waals surface area contributed by atoms with Crippen LogP contribution in [0.1, 0.15) is 91.2 Å². The lowest BCUT2D eigenvalue weighted by molar-refractivity contribution is -0.137. The number of hydrogen-bond donors (Lipinski definition) is 10. The Balaban J connectivity index is 1.39. The first-order chi connectivity index (χ1) is 28.9. The SMILES string of the molecule is CCCCCCCCC[C@H](O)CC(=O)SCCNC(=O)CCNC(=O)[C@H](O)C(C)(C)COP(=O)(O)OP(=O)(O)OC[C@H]1O[C@@H](n2cnc3c(N)ncnc32)C(O)[C@H]1OP(=O)(O)O. The summed E-state index contributed by atoms with van der Waals surface area (Å²) in [5.74, 6) is -1.22. The Morgan fingerprint density at radius 2 is 1.63 bits per heavy atom. The molecule has 29 heteroatoms. The van der Waals surface area contributed by atoms with Crippen molar-refractivity contribution in [3.05, 3.63) is 12.7 Å². The van der Waals surface area contributed by atoms with Crippen LogP contribution in [-0.4, -0.2) is 134 Å². The fourth-order valence-corrected chi connectivity index (χ4v) is 9.56. The van der Waals surface area contributed by atoms with Crippen LogP contribution in [0.4, 0.5) is 5.82 Å². The first-order valence-corrected chi connectivity index (χ1v) is 25.2. The number of anilines is 1. The number of nitrogens with one attached hydrogen (secondary N) is 2. The van der Waals surface area contributed by atoms with Gasteiger partial charge in [0.2, 0.25) is 11.8 Å². The van der Waals surface area contributed by atoms with Crippen molar-refractivity contribution in [1.82, 2.24) is 30.2 Å². The number of imidazole rings is 1. The molecule has 2 amide bonds. The molecular formula is C33H58N7O18P3S. The average Bonchev–Trinajstić information content (AvgIpc) is 3.74. The summed E-state index contributed by atoms with van der Waals surface area (Å²) in [6.45, 7) is 2.55. The van der Waals surface area contributed by atoms with Crippen LogP contribution in [0.5, 0.6) is 0 Å². The van der Waals surface area contributed by atoms with Crippen LogP contribution in [0.3, 0.4) is 0 Å². The highest BCUT2D eigenvalue weighted by molar-refractivity contribution is 8.13. The Hall–Kier alpha value is -2.48. The fraction of sp³-hybridized carbons (Fsp3) is 0.758. The molecule has 2 aromatic heterocycles. The molecule has 3 rings (SSSR count). The minimum Gasteiger partial charge on any atom is -0.393 e. The molecule has 0 saturated carbocycles. The fourth-order valence-electron chi connectivity index (χ4n) is 5.99. The van der Waals surface area contributed by atoms with Crippen molar-refractivity contribution in [1.29, 1.82) is 0 Å². The van der Waals surface area contributed by atoms with E-state index in [2.05, 4.69) is 41.3 Å². The molecule has 0 aromatic carbocycles. The summed E-state index contributed by atoms with van der Waals surface area (Å²) < 4.78 is 62.3. The molecule has 0 spiro atoms. The van der Waals surface area contributed by atoms with Crippen LogP contribution in [0, 0.1) is 5.41 Å². The molecule has 62 heavy (non-hydrogen) atoms. The third-order valence-electron chi connectivity index (χ3n) is 9.31. The van der Waals surface area contributed by atoms with Crippen molar-refractivity contribution in [2.45, 2.75) is 122 Å². The molecular weight excluding hydrogens is 907 g/mol. The second-order valence-corrected chi connectivity index (χ2v) is 20.4. The summed E-state index contributed by atoms with van der Waals surface area (Å²) in [7, 11) is -16.4. The number of phosphoric acid groups is 3. The Morgan fingerprint density at radius 3 is 2.31 bits per heavy atom. The molecule has 1 aliphatic rings. The smallest absolute Gasteiger partial charge is 0.393 e. The van der Waals surface area contributed by atoms with Crippen LogP contribution >= 0.6 is 35.2 Å². The summed E-state index contributed by atoms with van der Waals surface area (Å²) in [5, 5.41) is 36.4. The quantitative estimate of drug-likeness (QED) is 0.0408. The van der Waals surface area contributed by atoms with E-state index < -0.39 is 90.7 Å². The van der Waals surface area contributed by atoms with Gasteiger partial charge in [0, 0.05) is 37.1 Å². The van der Waals surface area contributed by atoms with Gasteiger partial charge in [-0.3, -0.25) is 32.5 Å². The number of nitrogens with two attached hydrogens (primary N) is 1. The molecule has 0 bridgehead atoms. The van der Waals surface area contributed by atoms with E-state index in [9.17, 15) is 63.0 Å². The number of carbonyl (C=O) groups is 3. The van der Waals surface area contributed by atoms with E-state index in [0.717, 1.165) is 48.2 Å². The summed E-state index contributed by atoms with van der Waals surface area (Å²) >= 11 is 0.991. The number of fused-ring (bicyclic) bond motifs is 1. The molecule has 11 N–H and O–H groups in total. The van der Waals surface area contributed by atoms with Crippen molar-refractivity contribution in [2.24, 2.45) is 5.41 Å². The van der Waals surface area contributed by atoms with Crippen LogP contribution in [-0.2, 0) is 50.7 Å². The highest BCUT2D eigenvalue weighted by atomic mass is 32.2. The molecule has 1 aliphatic heterocycles. The van der Waals surface area contributed by atoms with Crippen molar-refractivity contribution in [3.63, 3.8) is 0 Å². The van der Waals surface area contributed by atoms with Crippen molar-refractivity contribution in [3.8, 4) is 0 Å². The number of ether oxygens (including phenoxy) is 1. The van der Waals surface area contributed by atoms with E-state index in [-0.39, 0.29) is 53.8 Å². The summed E-state index contributed by atoms with van der Waals surface area (Å²) in [4.78, 5) is 88.1. The Kier molecular flexibility index (Phi) is 21.5. The van der Waals surface area contributed by atoms with E-state index in [1.807, 2.05) is 0 Å². The van der Waals surface area contributed by atoms with E-state index >= 15 is 0 Å². The molecule has 1 saturated heterocycles. The molecule has 25 nitrogen and oxygen atoms in total. The van der Waals surface area contributed by atoms with Gasteiger partial charge in [-0.25, -0.2) is 28.6 Å². The molecule has 0 aliphatic carbocycles. The average molecular weight is 966 g/mol. The Bertz CT molecular complexity index is 1920. The molecule has 0 radical (unpaired) electrons. The number of thioether (sulfide) groups is 1. The van der Waals surface area contributed by atoms with Gasteiger partial charge in [0.1, 0.15) is 36.3 Å². The number of unbranched alkanes of at least 4 members (excludes halogenated alkanes) is 6. The number of aromatic nitrogens is 4. The monoisotopic (exact) mass is 965 g/mol. The van der Waals surface area contributed by atoms with E-state index in [1.165, 1.54) is 39.5 Å². The lowest BCUT2D eigenvalue weighted by atomic mass is 9.87. The third-order valence-corrected chi connectivity index (χ3v) is 13.3. The summed E-state index contributed by atoms with van der Waals surface area (Å²) in [5.41, 5.74) is 4.25. The number of carbonyl (C=O) groups excluding carboxylic acids is 3. The van der Waals surface area contributed by atoms with Gasteiger partial charge in [-0.2, -0.15) is 4.31 Å². The molecule has 354 valence electrons. The molecule has 3 heterocycles. The van der Waals surface area contributed by atoms with Gasteiger partial charge in [0.15, 0.2) is 22.8 Å².